The van der Waals surface area contributed by atoms with Crippen molar-refractivity contribution in [1.29, 1.82) is 0 Å². The zero-order valence-corrected chi connectivity index (χ0v) is 10.9. The van der Waals surface area contributed by atoms with Gasteiger partial charge in [0.15, 0.2) is 0 Å². The van der Waals surface area contributed by atoms with Crippen molar-refractivity contribution in [1.82, 2.24) is 5.32 Å². The summed E-state index contributed by atoms with van der Waals surface area (Å²) in [4.78, 5) is 0. The molecule has 2 heteroatoms. The Hall–Kier alpha value is -1.02. The number of nitrogens with one attached hydrogen (secondary N) is 1. The first-order valence-corrected chi connectivity index (χ1v) is 6.63. The second kappa shape index (κ2) is 6.06. The summed E-state index contributed by atoms with van der Waals surface area (Å²) in [5.41, 5.74) is 1.43. The van der Waals surface area contributed by atoms with Crippen LogP contribution in [0.3, 0.4) is 0 Å². The third kappa shape index (κ3) is 3.22. The van der Waals surface area contributed by atoms with E-state index in [0.717, 1.165) is 11.7 Å². The van der Waals surface area contributed by atoms with E-state index in [2.05, 4.69) is 36.6 Å². The molecule has 1 aliphatic rings. The van der Waals surface area contributed by atoms with Crippen LogP contribution in [0.5, 0.6) is 5.75 Å². The Morgan fingerprint density at radius 3 is 2.53 bits per heavy atom. The SMILES string of the molecule is CNC1CCCCC1Cc1ccc(OC)cc1. The van der Waals surface area contributed by atoms with Crippen LogP contribution in [0.4, 0.5) is 0 Å². The summed E-state index contributed by atoms with van der Waals surface area (Å²) < 4.78 is 5.19. The van der Waals surface area contributed by atoms with Crippen LogP contribution in [0.25, 0.3) is 0 Å². The smallest absolute Gasteiger partial charge is 0.118 e. The monoisotopic (exact) mass is 233 g/mol. The average molecular weight is 233 g/mol. The van der Waals surface area contributed by atoms with Crippen molar-refractivity contribution < 1.29 is 4.74 Å². The number of hydrogen-bond acceptors (Lipinski definition) is 2. The maximum absolute atomic E-state index is 5.19. The Balaban J connectivity index is 1.98. The average Bonchev–Trinajstić information content (AvgIpc) is 2.40. The molecule has 17 heavy (non-hydrogen) atoms. The van der Waals surface area contributed by atoms with Crippen molar-refractivity contribution in [2.24, 2.45) is 5.92 Å². The molecule has 1 N–H and O–H groups in total. The largest absolute Gasteiger partial charge is 0.497 e. The quantitative estimate of drug-likeness (QED) is 0.863. The van der Waals surface area contributed by atoms with Gasteiger partial charge in [-0.25, -0.2) is 0 Å². The van der Waals surface area contributed by atoms with Crippen LogP contribution in [0.15, 0.2) is 24.3 Å². The molecule has 0 aliphatic heterocycles. The van der Waals surface area contributed by atoms with Crippen molar-refractivity contribution in [3.8, 4) is 5.75 Å². The Bertz CT molecular complexity index is 333. The van der Waals surface area contributed by atoms with Gasteiger partial charge >= 0.3 is 0 Å². The number of benzene rings is 1. The molecular formula is C15H23NO. The topological polar surface area (TPSA) is 21.3 Å². The number of ether oxygens (including phenoxy) is 1. The van der Waals surface area contributed by atoms with Gasteiger partial charge in [0.25, 0.3) is 0 Å². The van der Waals surface area contributed by atoms with Crippen LogP contribution in [0.1, 0.15) is 31.2 Å². The molecule has 94 valence electrons. The van der Waals surface area contributed by atoms with Gasteiger partial charge in [-0.1, -0.05) is 25.0 Å². The molecule has 1 saturated carbocycles. The highest BCUT2D eigenvalue weighted by molar-refractivity contribution is 5.27. The minimum Gasteiger partial charge on any atom is -0.497 e. The Morgan fingerprint density at radius 2 is 1.88 bits per heavy atom. The van der Waals surface area contributed by atoms with Gasteiger partial charge in [-0.3, -0.25) is 0 Å². The first kappa shape index (κ1) is 12.4. The van der Waals surface area contributed by atoms with Crippen LogP contribution in [0, 0.1) is 5.92 Å². The van der Waals surface area contributed by atoms with E-state index in [1.165, 1.54) is 37.7 Å². The van der Waals surface area contributed by atoms with E-state index < -0.39 is 0 Å². The summed E-state index contributed by atoms with van der Waals surface area (Å²) in [5, 5.41) is 3.47. The minimum absolute atomic E-state index is 0.700. The third-order valence-corrected chi connectivity index (χ3v) is 3.94. The molecule has 1 fully saturated rings. The maximum atomic E-state index is 5.19. The van der Waals surface area contributed by atoms with Gasteiger partial charge in [-0.05, 0) is 49.9 Å². The summed E-state index contributed by atoms with van der Waals surface area (Å²) in [6, 6.07) is 9.21. The molecule has 0 bridgehead atoms. The third-order valence-electron chi connectivity index (χ3n) is 3.94. The summed E-state index contributed by atoms with van der Waals surface area (Å²) >= 11 is 0. The van der Waals surface area contributed by atoms with Gasteiger partial charge in [0.1, 0.15) is 5.75 Å². The highest BCUT2D eigenvalue weighted by Crippen LogP contribution is 2.27. The Kier molecular flexibility index (Phi) is 4.43. The van der Waals surface area contributed by atoms with Crippen molar-refractivity contribution in [2.75, 3.05) is 14.2 Å². The molecule has 0 radical (unpaired) electrons. The van der Waals surface area contributed by atoms with Gasteiger partial charge in [0.2, 0.25) is 0 Å². The fourth-order valence-corrected chi connectivity index (χ4v) is 2.90. The van der Waals surface area contributed by atoms with Crippen molar-refractivity contribution >= 4 is 0 Å². The molecule has 0 aromatic heterocycles. The van der Waals surface area contributed by atoms with Gasteiger partial charge in [0.05, 0.1) is 7.11 Å². The van der Waals surface area contributed by atoms with Crippen LogP contribution in [-0.2, 0) is 6.42 Å². The predicted molar refractivity (Wildman–Crippen MR) is 71.5 cm³/mol. The Labute approximate surface area is 104 Å². The van der Waals surface area contributed by atoms with Crippen LogP contribution < -0.4 is 10.1 Å². The molecule has 0 spiro atoms. The van der Waals surface area contributed by atoms with E-state index in [-0.39, 0.29) is 0 Å². The lowest BCUT2D eigenvalue weighted by molar-refractivity contribution is 0.272. The molecule has 1 aromatic rings. The first-order chi connectivity index (χ1) is 8.33. The van der Waals surface area contributed by atoms with E-state index in [1.54, 1.807) is 7.11 Å². The highest BCUT2D eigenvalue weighted by Gasteiger charge is 2.23. The maximum Gasteiger partial charge on any atom is 0.118 e. The molecule has 0 saturated heterocycles. The molecule has 2 nitrogen and oxygen atoms in total. The van der Waals surface area contributed by atoms with E-state index in [4.69, 9.17) is 4.74 Å². The first-order valence-electron chi connectivity index (χ1n) is 6.63. The number of rotatable bonds is 4. The minimum atomic E-state index is 0.700. The van der Waals surface area contributed by atoms with Crippen molar-refractivity contribution in [2.45, 2.75) is 38.1 Å². The molecule has 1 aliphatic carbocycles. The lowest BCUT2D eigenvalue weighted by Crippen LogP contribution is -2.37. The second-order valence-electron chi connectivity index (χ2n) is 4.99. The molecule has 2 rings (SSSR count). The zero-order chi connectivity index (χ0) is 12.1. The van der Waals surface area contributed by atoms with Crippen molar-refractivity contribution in [3.05, 3.63) is 29.8 Å². The van der Waals surface area contributed by atoms with E-state index in [9.17, 15) is 0 Å². The van der Waals surface area contributed by atoms with Gasteiger partial charge < -0.3 is 10.1 Å². The summed E-state index contributed by atoms with van der Waals surface area (Å²) in [6.07, 6.45) is 6.65. The lowest BCUT2D eigenvalue weighted by Gasteiger charge is -2.31. The van der Waals surface area contributed by atoms with E-state index >= 15 is 0 Å². The van der Waals surface area contributed by atoms with Crippen LogP contribution in [-0.4, -0.2) is 20.2 Å². The summed E-state index contributed by atoms with van der Waals surface area (Å²) in [5.74, 6) is 1.74. The molecule has 2 unspecified atom stereocenters. The van der Waals surface area contributed by atoms with Gasteiger partial charge in [-0.15, -0.1) is 0 Å². The molecule has 0 amide bonds. The molecule has 0 heterocycles. The fourth-order valence-electron chi connectivity index (χ4n) is 2.90. The lowest BCUT2D eigenvalue weighted by atomic mass is 9.81. The van der Waals surface area contributed by atoms with E-state index in [0.29, 0.717) is 6.04 Å². The molecule has 1 aromatic carbocycles. The Morgan fingerprint density at radius 1 is 1.18 bits per heavy atom. The number of hydrogen-bond donors (Lipinski definition) is 1. The van der Waals surface area contributed by atoms with Crippen LogP contribution in [0.2, 0.25) is 0 Å². The second-order valence-corrected chi connectivity index (χ2v) is 4.99. The zero-order valence-electron chi connectivity index (χ0n) is 10.9. The normalized spacial score (nSPS) is 24.6. The molecular weight excluding hydrogens is 210 g/mol. The van der Waals surface area contributed by atoms with Gasteiger partial charge in [-0.2, -0.15) is 0 Å². The standard InChI is InChI=1S/C15H23NO/c1-16-15-6-4-3-5-13(15)11-12-7-9-14(17-2)10-8-12/h7-10,13,15-16H,3-6,11H2,1-2H3. The highest BCUT2D eigenvalue weighted by atomic mass is 16.5. The molecule has 2 atom stereocenters. The number of methoxy groups -OCH3 is 1. The van der Waals surface area contributed by atoms with Gasteiger partial charge in [0, 0.05) is 6.04 Å². The van der Waals surface area contributed by atoms with E-state index in [1.807, 2.05) is 0 Å². The van der Waals surface area contributed by atoms with Crippen LogP contribution >= 0.6 is 0 Å². The predicted octanol–water partition coefficient (Wildman–Crippen LogP) is 3.02. The fraction of sp³-hybridized carbons (Fsp3) is 0.600. The summed E-state index contributed by atoms with van der Waals surface area (Å²) in [6.45, 7) is 0. The summed E-state index contributed by atoms with van der Waals surface area (Å²) in [7, 11) is 3.81. The van der Waals surface area contributed by atoms with Crippen molar-refractivity contribution in [3.63, 3.8) is 0 Å².